The van der Waals surface area contributed by atoms with E-state index < -0.39 is 0 Å². The van der Waals surface area contributed by atoms with Gasteiger partial charge in [0.15, 0.2) is 0 Å². The molecule has 0 amide bonds. The molecule has 0 radical (unpaired) electrons. The van der Waals surface area contributed by atoms with Crippen LogP contribution in [0.5, 0.6) is 0 Å². The van der Waals surface area contributed by atoms with Gasteiger partial charge in [0.05, 0.1) is 0 Å². The van der Waals surface area contributed by atoms with E-state index in [0.29, 0.717) is 0 Å². The molecule has 0 aromatic heterocycles. The van der Waals surface area contributed by atoms with Gasteiger partial charge in [-0.25, -0.2) is 0 Å². The van der Waals surface area contributed by atoms with E-state index in [-0.39, 0.29) is 5.78 Å². The van der Waals surface area contributed by atoms with Crippen molar-refractivity contribution < 1.29 is 4.79 Å². The third kappa shape index (κ3) is 214. The standard InChI is InChI=1S/C4H10N2.C3H6O.CH6N2/c1-4(2)6-5-3;1-3(2)4;1-3-2/h5H,1-3H3;1-2H3;3H,2H2,1H3. The number of hydrogen-bond acceptors (Lipinski definition) is 5. The average molecular weight is 190 g/mol. The summed E-state index contributed by atoms with van der Waals surface area (Å²) in [6, 6.07) is 0. The highest BCUT2D eigenvalue weighted by Crippen LogP contribution is 1.63. The quantitative estimate of drug-likeness (QED) is 0.315. The van der Waals surface area contributed by atoms with Crippen LogP contribution in [0.25, 0.3) is 0 Å². The van der Waals surface area contributed by atoms with Gasteiger partial charge in [0.25, 0.3) is 0 Å². The third-order valence-corrected chi connectivity index (χ3v) is 0.335. The number of carbonyl (C=O) groups is 1. The first-order valence-electron chi connectivity index (χ1n) is 3.94. The van der Waals surface area contributed by atoms with E-state index in [1.165, 1.54) is 13.8 Å². The van der Waals surface area contributed by atoms with E-state index >= 15 is 0 Å². The molecule has 0 aliphatic heterocycles. The van der Waals surface area contributed by atoms with Crippen LogP contribution in [-0.2, 0) is 4.79 Å². The lowest BCUT2D eigenvalue weighted by molar-refractivity contribution is -0.114. The maximum Gasteiger partial charge on any atom is 0.126 e. The van der Waals surface area contributed by atoms with Crippen LogP contribution >= 0.6 is 0 Å². The van der Waals surface area contributed by atoms with E-state index in [1.807, 2.05) is 13.8 Å². The number of hydrogen-bond donors (Lipinski definition) is 3. The third-order valence-electron chi connectivity index (χ3n) is 0.335. The molecule has 13 heavy (non-hydrogen) atoms. The second-order valence-electron chi connectivity index (χ2n) is 2.48. The maximum atomic E-state index is 9.44. The van der Waals surface area contributed by atoms with E-state index in [4.69, 9.17) is 0 Å². The van der Waals surface area contributed by atoms with Gasteiger partial charge in [-0.05, 0) is 34.7 Å². The maximum absolute atomic E-state index is 9.44. The predicted octanol–water partition coefficient (Wildman–Crippen LogP) is 0.276. The average Bonchev–Trinajstić information content (AvgIpc) is 1.86. The highest BCUT2D eigenvalue weighted by Gasteiger charge is 1.67. The van der Waals surface area contributed by atoms with E-state index in [1.54, 1.807) is 14.1 Å². The second kappa shape index (κ2) is 17.2. The molecule has 4 N–H and O–H groups in total. The number of carbonyl (C=O) groups excluding carboxylic acids is 1. The van der Waals surface area contributed by atoms with Crippen molar-refractivity contribution in [2.75, 3.05) is 14.1 Å². The molecule has 0 aromatic rings. The molecule has 0 saturated carbocycles. The Morgan fingerprint density at radius 3 is 1.38 bits per heavy atom. The van der Waals surface area contributed by atoms with Crippen molar-refractivity contribution in [3.05, 3.63) is 0 Å². The Morgan fingerprint density at radius 1 is 1.15 bits per heavy atom. The number of hydrazone groups is 1. The molecule has 0 fully saturated rings. The molecule has 5 heteroatoms. The van der Waals surface area contributed by atoms with Crippen LogP contribution < -0.4 is 16.7 Å². The lowest BCUT2D eigenvalue weighted by Gasteiger charge is -1.84. The lowest BCUT2D eigenvalue weighted by Crippen LogP contribution is -2.13. The van der Waals surface area contributed by atoms with Gasteiger partial charge in [0, 0.05) is 12.8 Å². The lowest BCUT2D eigenvalue weighted by atomic mass is 10.5. The highest BCUT2D eigenvalue weighted by atomic mass is 16.1. The first-order chi connectivity index (χ1) is 5.92. The van der Waals surface area contributed by atoms with E-state index in [2.05, 4.69) is 21.8 Å². The Morgan fingerprint density at radius 2 is 1.38 bits per heavy atom. The molecule has 0 rings (SSSR count). The number of hydrazine groups is 1. The summed E-state index contributed by atoms with van der Waals surface area (Å²) < 4.78 is 0. The summed E-state index contributed by atoms with van der Waals surface area (Å²) in [6.45, 7) is 6.94. The van der Waals surface area contributed by atoms with Crippen LogP contribution in [0.2, 0.25) is 0 Å². The summed E-state index contributed by atoms with van der Waals surface area (Å²) in [4.78, 5) is 9.44. The van der Waals surface area contributed by atoms with Crippen LogP contribution in [0.3, 0.4) is 0 Å². The van der Waals surface area contributed by atoms with Gasteiger partial charge in [0.2, 0.25) is 0 Å². The first kappa shape index (κ1) is 18.0. The predicted molar refractivity (Wildman–Crippen MR) is 57.4 cm³/mol. The van der Waals surface area contributed by atoms with Crippen molar-refractivity contribution in [3.8, 4) is 0 Å². The Kier molecular flexibility index (Phi) is 23.8. The molecule has 0 aliphatic carbocycles. The van der Waals surface area contributed by atoms with Crippen molar-refractivity contribution in [1.82, 2.24) is 10.9 Å². The van der Waals surface area contributed by atoms with Crippen molar-refractivity contribution in [1.29, 1.82) is 0 Å². The SMILES string of the molecule is CC(C)=O.CNN.CNN=C(C)C. The molecule has 0 unspecified atom stereocenters. The van der Waals surface area contributed by atoms with Crippen LogP contribution in [0.4, 0.5) is 0 Å². The molecular weight excluding hydrogens is 168 g/mol. The summed E-state index contributed by atoms with van der Waals surface area (Å²) in [7, 11) is 3.44. The van der Waals surface area contributed by atoms with Gasteiger partial charge in [-0.3, -0.25) is 11.3 Å². The van der Waals surface area contributed by atoms with Gasteiger partial charge < -0.3 is 10.2 Å². The zero-order chi connectivity index (χ0) is 11.3. The number of rotatable bonds is 1. The molecule has 0 aromatic carbocycles. The largest absolute Gasteiger partial charge is 0.313 e. The molecule has 0 saturated heterocycles. The molecule has 80 valence electrons. The van der Waals surface area contributed by atoms with Crippen LogP contribution in [0, 0.1) is 0 Å². The minimum atomic E-state index is 0.167. The summed E-state index contributed by atoms with van der Waals surface area (Å²) in [6.07, 6.45) is 0. The monoisotopic (exact) mass is 190 g/mol. The first-order valence-corrected chi connectivity index (χ1v) is 3.94. The zero-order valence-corrected chi connectivity index (χ0v) is 9.43. The fourth-order valence-corrected chi connectivity index (χ4v) is 0.224. The van der Waals surface area contributed by atoms with Crippen molar-refractivity contribution in [2.24, 2.45) is 10.9 Å². The molecule has 0 bridgehead atoms. The van der Waals surface area contributed by atoms with Crippen LogP contribution in [0.15, 0.2) is 5.10 Å². The highest BCUT2D eigenvalue weighted by molar-refractivity contribution is 5.78. The number of ketones is 1. The van der Waals surface area contributed by atoms with Crippen LogP contribution in [0.1, 0.15) is 27.7 Å². The second-order valence-corrected chi connectivity index (χ2v) is 2.48. The zero-order valence-electron chi connectivity index (χ0n) is 9.43. The molecule has 0 heterocycles. The topological polar surface area (TPSA) is 79.5 Å². The Labute approximate surface area is 80.7 Å². The summed E-state index contributed by atoms with van der Waals surface area (Å²) in [5.74, 6) is 4.76. The normalized spacial score (nSPS) is 6.69. The Balaban J connectivity index is -0.000000125. The fraction of sp³-hybridized carbons (Fsp3) is 0.750. The van der Waals surface area contributed by atoms with Gasteiger partial charge in [-0.1, -0.05) is 0 Å². The number of Topliss-reactive ketones (excluding diaryl/α,β-unsaturated/α-hetero) is 1. The van der Waals surface area contributed by atoms with Crippen molar-refractivity contribution in [3.63, 3.8) is 0 Å². The van der Waals surface area contributed by atoms with Crippen molar-refractivity contribution >= 4 is 11.5 Å². The number of nitrogens with two attached hydrogens (primary N) is 1. The number of nitrogens with one attached hydrogen (secondary N) is 2. The van der Waals surface area contributed by atoms with E-state index in [0.717, 1.165) is 5.71 Å². The Bertz CT molecular complexity index is 126. The van der Waals surface area contributed by atoms with Gasteiger partial charge >= 0.3 is 0 Å². The van der Waals surface area contributed by atoms with Crippen molar-refractivity contribution in [2.45, 2.75) is 27.7 Å². The summed E-state index contributed by atoms with van der Waals surface area (Å²) in [5.41, 5.74) is 5.96. The summed E-state index contributed by atoms with van der Waals surface area (Å²) >= 11 is 0. The minimum Gasteiger partial charge on any atom is -0.313 e. The smallest absolute Gasteiger partial charge is 0.126 e. The fourth-order valence-electron chi connectivity index (χ4n) is 0.224. The Hall–Kier alpha value is -0.940. The molecule has 0 atom stereocenters. The number of nitrogens with zero attached hydrogens (tertiary/aromatic N) is 1. The molecule has 5 nitrogen and oxygen atoms in total. The molecule has 0 aliphatic rings. The van der Waals surface area contributed by atoms with E-state index in [9.17, 15) is 4.79 Å². The van der Waals surface area contributed by atoms with Crippen LogP contribution in [-0.4, -0.2) is 25.6 Å². The van der Waals surface area contributed by atoms with Gasteiger partial charge in [0.1, 0.15) is 5.78 Å². The minimum absolute atomic E-state index is 0.167. The molecular formula is C8H22N4O. The summed E-state index contributed by atoms with van der Waals surface area (Å²) in [5, 5.41) is 3.79. The van der Waals surface area contributed by atoms with Gasteiger partial charge in [-0.2, -0.15) is 5.10 Å². The van der Waals surface area contributed by atoms with Gasteiger partial charge in [-0.15, -0.1) is 0 Å². The molecule has 0 spiro atoms.